The van der Waals surface area contributed by atoms with E-state index in [2.05, 4.69) is 0 Å². The van der Waals surface area contributed by atoms with E-state index in [9.17, 15) is 14.0 Å². The lowest BCUT2D eigenvalue weighted by Crippen LogP contribution is -2.54. The molecular formula is C15H19FN2O3. The molecular weight excluding hydrogens is 275 g/mol. The smallest absolute Gasteiger partial charge is 0.320 e. The number of aliphatic carboxylic acids is 1. The van der Waals surface area contributed by atoms with Crippen LogP contribution in [0.15, 0.2) is 24.3 Å². The van der Waals surface area contributed by atoms with E-state index in [4.69, 9.17) is 5.11 Å². The molecule has 114 valence electrons. The van der Waals surface area contributed by atoms with Crippen molar-refractivity contribution in [3.05, 3.63) is 35.6 Å². The summed E-state index contributed by atoms with van der Waals surface area (Å²) in [5, 5.41) is 9.14. The number of halogens is 1. The molecule has 0 spiro atoms. The lowest BCUT2D eigenvalue weighted by atomic mass is 10.1. The highest BCUT2D eigenvalue weighted by atomic mass is 19.1. The summed E-state index contributed by atoms with van der Waals surface area (Å²) in [6.07, 6.45) is 0.465. The van der Waals surface area contributed by atoms with Crippen LogP contribution in [0.3, 0.4) is 0 Å². The quantitative estimate of drug-likeness (QED) is 0.890. The van der Waals surface area contributed by atoms with Gasteiger partial charge in [-0.25, -0.2) is 4.39 Å². The first-order valence-corrected chi connectivity index (χ1v) is 7.00. The number of carbonyl (C=O) groups is 2. The molecule has 1 aromatic carbocycles. The van der Waals surface area contributed by atoms with E-state index in [1.54, 1.807) is 28.9 Å². The van der Waals surface area contributed by atoms with E-state index in [-0.39, 0.29) is 18.3 Å². The minimum Gasteiger partial charge on any atom is -0.480 e. The number of piperazine rings is 1. The van der Waals surface area contributed by atoms with Gasteiger partial charge in [-0.1, -0.05) is 19.1 Å². The Morgan fingerprint density at radius 1 is 1.43 bits per heavy atom. The molecule has 1 amide bonds. The molecule has 2 rings (SSSR count). The van der Waals surface area contributed by atoms with Crippen molar-refractivity contribution in [3.8, 4) is 0 Å². The molecule has 5 nitrogen and oxygen atoms in total. The number of hydrogen-bond donors (Lipinski definition) is 1. The molecule has 1 N–H and O–H groups in total. The van der Waals surface area contributed by atoms with E-state index in [0.29, 0.717) is 26.1 Å². The van der Waals surface area contributed by atoms with Crippen molar-refractivity contribution in [1.82, 2.24) is 9.80 Å². The van der Waals surface area contributed by atoms with E-state index in [0.717, 1.165) is 5.56 Å². The van der Waals surface area contributed by atoms with E-state index in [1.807, 2.05) is 0 Å². The molecule has 21 heavy (non-hydrogen) atoms. The van der Waals surface area contributed by atoms with Crippen molar-refractivity contribution in [2.24, 2.45) is 0 Å². The Hall–Kier alpha value is -1.95. The molecule has 0 aliphatic carbocycles. The first kappa shape index (κ1) is 15.4. The number of carboxylic acid groups (broad SMARTS) is 1. The van der Waals surface area contributed by atoms with E-state index < -0.39 is 12.0 Å². The van der Waals surface area contributed by atoms with Crippen LogP contribution in [0.25, 0.3) is 0 Å². The second-order valence-electron chi connectivity index (χ2n) is 5.18. The highest BCUT2D eigenvalue weighted by molar-refractivity contribution is 5.81. The van der Waals surface area contributed by atoms with Gasteiger partial charge in [0, 0.05) is 19.6 Å². The van der Waals surface area contributed by atoms with Gasteiger partial charge in [-0.05, 0) is 24.1 Å². The first-order valence-electron chi connectivity index (χ1n) is 7.00. The molecule has 0 bridgehead atoms. The molecule has 0 aromatic heterocycles. The van der Waals surface area contributed by atoms with Gasteiger partial charge in [0.2, 0.25) is 5.91 Å². The van der Waals surface area contributed by atoms with Crippen molar-refractivity contribution < 1.29 is 19.1 Å². The van der Waals surface area contributed by atoms with Gasteiger partial charge >= 0.3 is 5.97 Å². The molecule has 0 radical (unpaired) electrons. The molecule has 1 heterocycles. The maximum Gasteiger partial charge on any atom is 0.320 e. The zero-order valence-corrected chi connectivity index (χ0v) is 12.0. The Labute approximate surface area is 123 Å². The number of carboxylic acids is 1. The lowest BCUT2D eigenvalue weighted by molar-refractivity contribution is -0.147. The van der Waals surface area contributed by atoms with Crippen LogP contribution in [0, 0.1) is 5.82 Å². The van der Waals surface area contributed by atoms with Crippen LogP contribution in [0.5, 0.6) is 0 Å². The fourth-order valence-electron chi connectivity index (χ4n) is 2.60. The van der Waals surface area contributed by atoms with Gasteiger partial charge in [0.25, 0.3) is 0 Å². The highest BCUT2D eigenvalue weighted by Gasteiger charge is 2.31. The average molecular weight is 294 g/mol. The summed E-state index contributed by atoms with van der Waals surface area (Å²) in [6, 6.07) is 5.54. The Kier molecular flexibility index (Phi) is 4.90. The van der Waals surface area contributed by atoms with Crippen molar-refractivity contribution in [1.29, 1.82) is 0 Å². The number of rotatable bonds is 5. The van der Waals surface area contributed by atoms with Gasteiger partial charge in [-0.3, -0.25) is 14.5 Å². The first-order chi connectivity index (χ1) is 10.0. The monoisotopic (exact) mass is 294 g/mol. The second-order valence-corrected chi connectivity index (χ2v) is 5.18. The molecule has 6 heteroatoms. The van der Waals surface area contributed by atoms with E-state index in [1.165, 1.54) is 12.1 Å². The Morgan fingerprint density at radius 3 is 2.76 bits per heavy atom. The van der Waals surface area contributed by atoms with Crippen molar-refractivity contribution in [3.63, 3.8) is 0 Å². The maximum absolute atomic E-state index is 13.1. The van der Waals surface area contributed by atoms with Gasteiger partial charge in [0.05, 0.1) is 6.54 Å². The average Bonchev–Trinajstić information content (AvgIpc) is 2.42. The van der Waals surface area contributed by atoms with Crippen LogP contribution in [0.2, 0.25) is 0 Å². The lowest BCUT2D eigenvalue weighted by Gasteiger charge is -2.37. The van der Waals surface area contributed by atoms with Crippen molar-refractivity contribution >= 4 is 11.9 Å². The van der Waals surface area contributed by atoms with Crippen LogP contribution < -0.4 is 0 Å². The summed E-state index contributed by atoms with van der Waals surface area (Å²) in [5.41, 5.74) is 0.738. The third-order valence-corrected chi connectivity index (χ3v) is 3.72. The standard InChI is InChI=1S/C15H19FN2O3/c1-2-13(15(20)21)17-6-7-18(14(19)10-17)9-11-4-3-5-12(16)8-11/h3-5,8,13H,2,6-7,9-10H2,1H3,(H,20,21)/t13-/m1/s1. The maximum atomic E-state index is 13.1. The van der Waals surface area contributed by atoms with Gasteiger partial charge in [0.15, 0.2) is 0 Å². The molecule has 1 saturated heterocycles. The highest BCUT2D eigenvalue weighted by Crippen LogP contribution is 2.14. The number of amides is 1. The fourth-order valence-corrected chi connectivity index (χ4v) is 2.60. The molecule has 1 aromatic rings. The zero-order valence-electron chi connectivity index (χ0n) is 12.0. The van der Waals surface area contributed by atoms with Crippen LogP contribution in [-0.4, -0.2) is 52.5 Å². The zero-order chi connectivity index (χ0) is 15.4. The molecule has 0 saturated carbocycles. The van der Waals surface area contributed by atoms with Gasteiger partial charge in [0.1, 0.15) is 11.9 Å². The minimum atomic E-state index is -0.899. The van der Waals surface area contributed by atoms with Crippen LogP contribution in [0.4, 0.5) is 4.39 Å². The SMILES string of the molecule is CC[C@H](C(=O)O)N1CCN(Cc2cccc(F)c2)C(=O)C1. The fraction of sp³-hybridized carbons (Fsp3) is 0.467. The third kappa shape index (κ3) is 3.78. The van der Waals surface area contributed by atoms with Crippen LogP contribution in [-0.2, 0) is 16.1 Å². The van der Waals surface area contributed by atoms with Crippen LogP contribution >= 0.6 is 0 Å². The Bertz CT molecular complexity index is 535. The number of nitrogens with zero attached hydrogens (tertiary/aromatic N) is 2. The van der Waals surface area contributed by atoms with Gasteiger partial charge in [-0.2, -0.15) is 0 Å². The predicted octanol–water partition coefficient (Wildman–Crippen LogP) is 1.33. The molecule has 1 fully saturated rings. The summed E-state index contributed by atoms with van der Waals surface area (Å²) in [5.74, 6) is -1.34. The van der Waals surface area contributed by atoms with Gasteiger partial charge < -0.3 is 10.0 Å². The molecule has 1 atom stereocenters. The predicted molar refractivity (Wildman–Crippen MR) is 75.1 cm³/mol. The summed E-state index contributed by atoms with van der Waals surface area (Å²) >= 11 is 0. The van der Waals surface area contributed by atoms with Crippen molar-refractivity contribution in [2.75, 3.05) is 19.6 Å². The van der Waals surface area contributed by atoms with Crippen LogP contribution in [0.1, 0.15) is 18.9 Å². The van der Waals surface area contributed by atoms with E-state index >= 15 is 0 Å². The second kappa shape index (κ2) is 6.67. The Morgan fingerprint density at radius 2 is 2.19 bits per heavy atom. The topological polar surface area (TPSA) is 60.9 Å². The number of benzene rings is 1. The molecule has 1 aliphatic heterocycles. The van der Waals surface area contributed by atoms with Gasteiger partial charge in [-0.15, -0.1) is 0 Å². The third-order valence-electron chi connectivity index (χ3n) is 3.72. The Balaban J connectivity index is 1.98. The summed E-state index contributed by atoms with van der Waals surface area (Å²) in [7, 11) is 0. The van der Waals surface area contributed by atoms with Crippen molar-refractivity contribution in [2.45, 2.75) is 25.9 Å². The summed E-state index contributed by atoms with van der Waals surface area (Å²) < 4.78 is 13.1. The number of carbonyl (C=O) groups excluding carboxylic acids is 1. The minimum absolute atomic E-state index is 0.0973. The summed E-state index contributed by atoms with van der Waals surface area (Å²) in [4.78, 5) is 26.6. The normalized spacial score (nSPS) is 17.8. The molecule has 0 unspecified atom stereocenters. The summed E-state index contributed by atoms with van der Waals surface area (Å²) in [6.45, 7) is 3.22. The number of hydrogen-bond acceptors (Lipinski definition) is 3. The molecule has 1 aliphatic rings. The largest absolute Gasteiger partial charge is 0.480 e.